The molecule has 1 aliphatic heterocycles. The molecule has 1 heterocycles. The van der Waals surface area contributed by atoms with Crippen molar-refractivity contribution in [2.75, 3.05) is 25.0 Å². The van der Waals surface area contributed by atoms with Crippen molar-refractivity contribution in [3.8, 4) is 0 Å². The van der Waals surface area contributed by atoms with Crippen LogP contribution in [0.5, 0.6) is 0 Å². The van der Waals surface area contributed by atoms with Crippen molar-refractivity contribution in [2.45, 2.75) is 12.8 Å². The van der Waals surface area contributed by atoms with E-state index in [0.717, 1.165) is 36.3 Å². The molecule has 1 aromatic carbocycles. The third-order valence-electron chi connectivity index (χ3n) is 2.97. The Balaban J connectivity index is 1.88. The molecule has 0 bridgehead atoms. The van der Waals surface area contributed by atoms with Crippen molar-refractivity contribution in [1.29, 1.82) is 0 Å². The third-order valence-corrected chi connectivity index (χ3v) is 3.95. The summed E-state index contributed by atoms with van der Waals surface area (Å²) in [5.41, 5.74) is 1.06. The summed E-state index contributed by atoms with van der Waals surface area (Å²) < 4.78 is 1.18. The van der Waals surface area contributed by atoms with Gasteiger partial charge >= 0.3 is 0 Å². The van der Waals surface area contributed by atoms with E-state index in [1.165, 1.54) is 16.4 Å². The molecule has 2 rings (SSSR count). The van der Waals surface area contributed by atoms with Crippen LogP contribution in [0.15, 0.2) is 18.2 Å². The number of hydrogen-bond donors (Lipinski definition) is 2. The maximum atomic E-state index is 6.17. The van der Waals surface area contributed by atoms with Gasteiger partial charge in [0.2, 0.25) is 0 Å². The molecule has 2 N–H and O–H groups in total. The summed E-state index contributed by atoms with van der Waals surface area (Å²) in [6.45, 7) is 3.32. The first-order valence-electron chi connectivity index (χ1n) is 5.65. The van der Waals surface area contributed by atoms with Gasteiger partial charge in [-0.05, 0) is 72.6 Å². The summed E-state index contributed by atoms with van der Waals surface area (Å²) in [6, 6.07) is 6.13. The van der Waals surface area contributed by atoms with Gasteiger partial charge in [-0.2, -0.15) is 0 Å². The van der Waals surface area contributed by atoms with Gasteiger partial charge in [0, 0.05) is 10.1 Å². The van der Waals surface area contributed by atoms with Gasteiger partial charge in [0.05, 0.1) is 10.7 Å². The number of halogens is 2. The van der Waals surface area contributed by atoms with E-state index in [2.05, 4.69) is 45.4 Å². The fourth-order valence-corrected chi connectivity index (χ4v) is 2.90. The van der Waals surface area contributed by atoms with Crippen LogP contribution in [0.2, 0.25) is 5.02 Å². The maximum absolute atomic E-state index is 6.17. The molecule has 1 aromatic rings. The van der Waals surface area contributed by atoms with E-state index in [0.29, 0.717) is 0 Å². The van der Waals surface area contributed by atoms with Crippen LogP contribution in [0.1, 0.15) is 12.8 Å². The van der Waals surface area contributed by atoms with Crippen molar-refractivity contribution in [3.05, 3.63) is 26.8 Å². The predicted molar refractivity (Wildman–Crippen MR) is 78.3 cm³/mol. The van der Waals surface area contributed by atoms with Crippen molar-refractivity contribution in [3.63, 3.8) is 0 Å². The van der Waals surface area contributed by atoms with Gasteiger partial charge in [-0.25, -0.2) is 0 Å². The Morgan fingerprint density at radius 3 is 2.81 bits per heavy atom. The van der Waals surface area contributed by atoms with Gasteiger partial charge in [-0.1, -0.05) is 11.6 Å². The molecule has 1 aliphatic rings. The molecule has 16 heavy (non-hydrogen) atoms. The summed E-state index contributed by atoms with van der Waals surface area (Å²) in [6.07, 6.45) is 2.52. The van der Waals surface area contributed by atoms with Crippen LogP contribution < -0.4 is 10.6 Å². The van der Waals surface area contributed by atoms with Crippen LogP contribution in [-0.2, 0) is 0 Å². The largest absolute Gasteiger partial charge is 0.384 e. The number of piperidine rings is 1. The molecule has 0 aliphatic carbocycles. The van der Waals surface area contributed by atoms with E-state index in [1.54, 1.807) is 0 Å². The number of benzene rings is 1. The van der Waals surface area contributed by atoms with E-state index in [-0.39, 0.29) is 0 Å². The second-order valence-electron chi connectivity index (χ2n) is 4.20. The summed E-state index contributed by atoms with van der Waals surface area (Å²) in [7, 11) is 0. The lowest BCUT2D eigenvalue weighted by atomic mass is 9.98. The molecule has 0 saturated carbocycles. The number of hydrogen-bond acceptors (Lipinski definition) is 2. The highest BCUT2D eigenvalue weighted by Gasteiger charge is 2.12. The molecular formula is C12H16ClIN2. The SMILES string of the molecule is Clc1cc(I)ccc1NCC1CCNCC1. The van der Waals surface area contributed by atoms with Crippen LogP contribution in [0.25, 0.3) is 0 Å². The average molecular weight is 351 g/mol. The Kier molecular flexibility index (Phi) is 4.73. The van der Waals surface area contributed by atoms with Gasteiger partial charge in [0.25, 0.3) is 0 Å². The monoisotopic (exact) mass is 350 g/mol. The Morgan fingerprint density at radius 2 is 2.12 bits per heavy atom. The first-order chi connectivity index (χ1) is 7.75. The fraction of sp³-hybridized carbons (Fsp3) is 0.500. The summed E-state index contributed by atoms with van der Waals surface area (Å²) in [4.78, 5) is 0. The highest BCUT2D eigenvalue weighted by atomic mass is 127. The summed E-state index contributed by atoms with van der Waals surface area (Å²) in [5, 5.41) is 7.64. The highest BCUT2D eigenvalue weighted by Crippen LogP contribution is 2.24. The molecular weight excluding hydrogens is 335 g/mol. The van der Waals surface area contributed by atoms with Crippen LogP contribution in [0.3, 0.4) is 0 Å². The summed E-state index contributed by atoms with van der Waals surface area (Å²) in [5.74, 6) is 0.775. The average Bonchev–Trinajstić information content (AvgIpc) is 2.29. The van der Waals surface area contributed by atoms with E-state index in [4.69, 9.17) is 11.6 Å². The Labute approximate surface area is 115 Å². The second-order valence-corrected chi connectivity index (χ2v) is 5.85. The van der Waals surface area contributed by atoms with E-state index in [9.17, 15) is 0 Å². The zero-order valence-corrected chi connectivity index (χ0v) is 12.0. The van der Waals surface area contributed by atoms with Crippen LogP contribution in [0, 0.1) is 9.49 Å². The van der Waals surface area contributed by atoms with Gasteiger partial charge in [0.1, 0.15) is 0 Å². The molecule has 0 unspecified atom stereocenters. The van der Waals surface area contributed by atoms with Crippen LogP contribution in [0.4, 0.5) is 5.69 Å². The highest BCUT2D eigenvalue weighted by molar-refractivity contribution is 14.1. The molecule has 0 atom stereocenters. The lowest BCUT2D eigenvalue weighted by Crippen LogP contribution is -2.31. The minimum absolute atomic E-state index is 0.775. The molecule has 88 valence electrons. The van der Waals surface area contributed by atoms with Crippen LogP contribution in [-0.4, -0.2) is 19.6 Å². The zero-order chi connectivity index (χ0) is 11.4. The molecule has 0 amide bonds. The normalized spacial score (nSPS) is 17.4. The van der Waals surface area contributed by atoms with Gasteiger partial charge in [0.15, 0.2) is 0 Å². The number of anilines is 1. The molecule has 2 nitrogen and oxygen atoms in total. The van der Waals surface area contributed by atoms with E-state index < -0.39 is 0 Å². The fourth-order valence-electron chi connectivity index (χ4n) is 1.97. The standard InChI is InChI=1S/C12H16ClIN2/c13-11-7-10(14)1-2-12(11)16-8-9-3-5-15-6-4-9/h1-2,7,9,15-16H,3-6,8H2. The van der Waals surface area contributed by atoms with E-state index >= 15 is 0 Å². The lowest BCUT2D eigenvalue weighted by Gasteiger charge is -2.23. The van der Waals surface area contributed by atoms with Crippen LogP contribution >= 0.6 is 34.2 Å². The number of rotatable bonds is 3. The third kappa shape index (κ3) is 3.50. The van der Waals surface area contributed by atoms with Gasteiger partial charge in [-0.15, -0.1) is 0 Å². The maximum Gasteiger partial charge on any atom is 0.0648 e. The molecule has 1 fully saturated rings. The first-order valence-corrected chi connectivity index (χ1v) is 7.11. The molecule has 0 radical (unpaired) electrons. The first kappa shape index (κ1) is 12.5. The van der Waals surface area contributed by atoms with Gasteiger partial charge in [-0.3, -0.25) is 0 Å². The minimum Gasteiger partial charge on any atom is -0.384 e. The van der Waals surface area contributed by atoms with E-state index in [1.807, 2.05) is 6.07 Å². The molecule has 4 heteroatoms. The Morgan fingerprint density at radius 1 is 1.38 bits per heavy atom. The molecule has 1 saturated heterocycles. The van der Waals surface area contributed by atoms with Gasteiger partial charge < -0.3 is 10.6 Å². The zero-order valence-electron chi connectivity index (χ0n) is 9.10. The smallest absolute Gasteiger partial charge is 0.0648 e. The minimum atomic E-state index is 0.775. The quantitative estimate of drug-likeness (QED) is 0.817. The number of nitrogens with one attached hydrogen (secondary N) is 2. The predicted octanol–water partition coefficient (Wildman–Crippen LogP) is 3.36. The van der Waals surface area contributed by atoms with Crippen molar-refractivity contribution in [1.82, 2.24) is 5.32 Å². The molecule has 0 aromatic heterocycles. The topological polar surface area (TPSA) is 24.1 Å². The molecule has 0 spiro atoms. The lowest BCUT2D eigenvalue weighted by molar-refractivity contribution is 0.390. The van der Waals surface area contributed by atoms with Crippen molar-refractivity contribution in [2.24, 2.45) is 5.92 Å². The second kappa shape index (κ2) is 6.07. The van der Waals surface area contributed by atoms with Crippen molar-refractivity contribution < 1.29 is 0 Å². The van der Waals surface area contributed by atoms with Crippen molar-refractivity contribution >= 4 is 39.9 Å². The Bertz CT molecular complexity index is 351. The Hall–Kier alpha value is -0.000000000000000132. The summed E-state index contributed by atoms with van der Waals surface area (Å²) >= 11 is 8.44.